The molecule has 0 saturated heterocycles. The monoisotopic (exact) mass is 338 g/mol. The van der Waals surface area contributed by atoms with Gasteiger partial charge in [-0.2, -0.15) is 0 Å². The topological polar surface area (TPSA) is 121 Å². The average Bonchev–Trinajstić information content (AvgIpc) is 2.50. The molecule has 7 nitrogen and oxygen atoms in total. The highest BCUT2D eigenvalue weighted by molar-refractivity contribution is 5.87. The minimum atomic E-state index is -2.33. The maximum absolute atomic E-state index is 12.1. The Bertz CT molecular complexity index is 591. The Morgan fingerprint density at radius 1 is 1.00 bits per heavy atom. The lowest BCUT2D eigenvalue weighted by molar-refractivity contribution is -0.179. The van der Waals surface area contributed by atoms with Gasteiger partial charge in [-0.3, -0.25) is 4.79 Å². The molecule has 0 aliphatic heterocycles. The van der Waals surface area contributed by atoms with Gasteiger partial charge in [0.25, 0.3) is 0 Å². The van der Waals surface area contributed by atoms with Crippen molar-refractivity contribution in [2.75, 3.05) is 0 Å². The number of ether oxygens (including phenoxy) is 1. The molecule has 1 rings (SSSR count). The normalized spacial score (nSPS) is 14.7. The highest BCUT2D eigenvalue weighted by Gasteiger charge is 2.36. The third kappa shape index (κ3) is 5.34. The quantitative estimate of drug-likeness (QED) is 0.613. The minimum Gasteiger partial charge on any atom is -0.479 e. The summed E-state index contributed by atoms with van der Waals surface area (Å²) in [6, 6.07) is 7.24. The largest absolute Gasteiger partial charge is 0.479 e. The number of aliphatic hydroxyl groups is 1. The van der Waals surface area contributed by atoms with E-state index in [1.165, 1.54) is 6.92 Å². The van der Waals surface area contributed by atoms with Crippen LogP contribution < -0.4 is 0 Å². The standard InChI is InChI=1S/C17H22O7/c1-9(2)8-11-4-6-12(7-5-11)10(3)17(23)24-14(16(21)22)13(18)15(19)20/h4-7,9-10,13-14,18H,8H2,1-3H3,(H,19,20)(H,21,22). The van der Waals surface area contributed by atoms with Crippen molar-refractivity contribution in [2.45, 2.75) is 45.3 Å². The van der Waals surface area contributed by atoms with E-state index in [4.69, 9.17) is 10.2 Å². The first kappa shape index (κ1) is 19.6. The smallest absolute Gasteiger partial charge is 0.348 e. The van der Waals surface area contributed by atoms with Gasteiger partial charge in [0.1, 0.15) is 0 Å². The molecule has 0 saturated carbocycles. The number of carbonyl (C=O) groups excluding carboxylic acids is 1. The van der Waals surface area contributed by atoms with Crippen LogP contribution in [0.1, 0.15) is 37.8 Å². The Morgan fingerprint density at radius 3 is 1.96 bits per heavy atom. The zero-order valence-corrected chi connectivity index (χ0v) is 13.8. The van der Waals surface area contributed by atoms with Gasteiger partial charge in [0.2, 0.25) is 6.10 Å². The minimum absolute atomic E-state index is 0.493. The van der Waals surface area contributed by atoms with E-state index >= 15 is 0 Å². The summed E-state index contributed by atoms with van der Waals surface area (Å²) in [6.07, 6.45) is -3.59. The van der Waals surface area contributed by atoms with Gasteiger partial charge in [-0.15, -0.1) is 0 Å². The van der Waals surface area contributed by atoms with Crippen molar-refractivity contribution in [3.63, 3.8) is 0 Å². The first-order valence-electron chi connectivity index (χ1n) is 7.56. The van der Waals surface area contributed by atoms with Crippen LogP contribution in [0.25, 0.3) is 0 Å². The Morgan fingerprint density at radius 2 is 1.54 bits per heavy atom. The molecule has 3 N–H and O–H groups in total. The molecule has 1 aromatic carbocycles. The molecule has 0 aliphatic rings. The number of aliphatic carboxylic acids is 2. The van der Waals surface area contributed by atoms with Gasteiger partial charge in [0.05, 0.1) is 5.92 Å². The summed E-state index contributed by atoms with van der Waals surface area (Å²) in [7, 11) is 0. The number of esters is 1. The van der Waals surface area contributed by atoms with Crippen LogP contribution in [0.5, 0.6) is 0 Å². The van der Waals surface area contributed by atoms with Gasteiger partial charge in [-0.05, 0) is 30.4 Å². The van der Waals surface area contributed by atoms with Crippen molar-refractivity contribution in [3.8, 4) is 0 Å². The molecule has 0 heterocycles. The molecule has 0 spiro atoms. The lowest BCUT2D eigenvalue weighted by Gasteiger charge is -2.19. The number of hydrogen-bond donors (Lipinski definition) is 3. The van der Waals surface area contributed by atoms with Gasteiger partial charge in [-0.25, -0.2) is 9.59 Å². The summed E-state index contributed by atoms with van der Waals surface area (Å²) in [5.74, 6) is -4.72. The van der Waals surface area contributed by atoms with E-state index in [-0.39, 0.29) is 0 Å². The second-order valence-corrected chi connectivity index (χ2v) is 6.04. The van der Waals surface area contributed by atoms with Gasteiger partial charge in [0.15, 0.2) is 6.10 Å². The fourth-order valence-electron chi connectivity index (χ4n) is 2.16. The summed E-state index contributed by atoms with van der Waals surface area (Å²) in [5.41, 5.74) is 1.72. The van der Waals surface area contributed by atoms with E-state index in [1.54, 1.807) is 12.1 Å². The van der Waals surface area contributed by atoms with E-state index in [0.29, 0.717) is 11.5 Å². The predicted octanol–water partition coefficient (Wildman–Crippen LogP) is 1.43. The molecule has 1 aromatic rings. The maximum Gasteiger partial charge on any atom is 0.348 e. The third-order valence-electron chi connectivity index (χ3n) is 3.50. The van der Waals surface area contributed by atoms with E-state index in [2.05, 4.69) is 18.6 Å². The molecule has 132 valence electrons. The molecule has 7 heteroatoms. The van der Waals surface area contributed by atoms with Crippen LogP contribution in [0.3, 0.4) is 0 Å². The van der Waals surface area contributed by atoms with E-state index in [0.717, 1.165) is 12.0 Å². The van der Waals surface area contributed by atoms with Gasteiger partial charge in [0, 0.05) is 0 Å². The van der Waals surface area contributed by atoms with Crippen LogP contribution in [0.4, 0.5) is 0 Å². The van der Waals surface area contributed by atoms with Crippen molar-refractivity contribution in [2.24, 2.45) is 5.92 Å². The summed E-state index contributed by atoms with van der Waals surface area (Å²) in [4.78, 5) is 33.7. The van der Waals surface area contributed by atoms with Gasteiger partial charge >= 0.3 is 17.9 Å². The third-order valence-corrected chi connectivity index (χ3v) is 3.50. The molecule has 0 aromatic heterocycles. The van der Waals surface area contributed by atoms with Crippen LogP contribution in [-0.4, -0.2) is 45.4 Å². The number of benzene rings is 1. The van der Waals surface area contributed by atoms with Crippen molar-refractivity contribution in [3.05, 3.63) is 35.4 Å². The van der Waals surface area contributed by atoms with E-state index in [9.17, 15) is 19.5 Å². The molecule has 0 fully saturated rings. The number of rotatable bonds is 8. The second kappa shape index (κ2) is 8.44. The van der Waals surface area contributed by atoms with Crippen LogP contribution in [0, 0.1) is 5.92 Å². The summed E-state index contributed by atoms with van der Waals surface area (Å²) in [6.45, 7) is 5.70. The average molecular weight is 338 g/mol. The second-order valence-electron chi connectivity index (χ2n) is 6.04. The first-order valence-corrected chi connectivity index (χ1v) is 7.56. The van der Waals surface area contributed by atoms with E-state index in [1.807, 2.05) is 12.1 Å². The maximum atomic E-state index is 12.1. The summed E-state index contributed by atoms with van der Waals surface area (Å²) < 4.78 is 4.68. The number of carboxylic acid groups (broad SMARTS) is 2. The fourth-order valence-corrected chi connectivity index (χ4v) is 2.16. The van der Waals surface area contributed by atoms with Crippen molar-refractivity contribution in [1.29, 1.82) is 0 Å². The van der Waals surface area contributed by atoms with Crippen LogP contribution in [0.15, 0.2) is 24.3 Å². The molecule has 0 amide bonds. The molecule has 3 unspecified atom stereocenters. The van der Waals surface area contributed by atoms with Crippen LogP contribution in [0.2, 0.25) is 0 Å². The molecule has 0 bridgehead atoms. The Kier molecular flexibility index (Phi) is 6.91. The first-order chi connectivity index (χ1) is 11.1. The summed E-state index contributed by atoms with van der Waals surface area (Å²) in [5, 5.41) is 26.9. The molecular formula is C17H22O7. The Balaban J connectivity index is 2.82. The van der Waals surface area contributed by atoms with Gasteiger partial charge < -0.3 is 20.1 Å². The van der Waals surface area contributed by atoms with E-state index < -0.39 is 36.0 Å². The zero-order chi connectivity index (χ0) is 18.4. The van der Waals surface area contributed by atoms with Gasteiger partial charge in [-0.1, -0.05) is 38.1 Å². The summed E-state index contributed by atoms with van der Waals surface area (Å²) >= 11 is 0. The number of hydrogen-bond acceptors (Lipinski definition) is 5. The zero-order valence-electron chi connectivity index (χ0n) is 13.8. The Labute approximate surface area is 139 Å². The molecule has 3 atom stereocenters. The predicted molar refractivity (Wildman–Crippen MR) is 84.6 cm³/mol. The van der Waals surface area contributed by atoms with Crippen molar-refractivity contribution < 1.29 is 34.4 Å². The lowest BCUT2D eigenvalue weighted by atomic mass is 9.97. The molecular weight excluding hydrogens is 316 g/mol. The lowest BCUT2D eigenvalue weighted by Crippen LogP contribution is -2.43. The van der Waals surface area contributed by atoms with Crippen LogP contribution >= 0.6 is 0 Å². The van der Waals surface area contributed by atoms with Crippen molar-refractivity contribution in [1.82, 2.24) is 0 Å². The molecule has 0 radical (unpaired) electrons. The van der Waals surface area contributed by atoms with Crippen LogP contribution in [-0.2, 0) is 25.5 Å². The number of carboxylic acids is 2. The fraction of sp³-hybridized carbons (Fsp3) is 0.471. The highest BCUT2D eigenvalue weighted by atomic mass is 16.6. The molecule has 0 aliphatic carbocycles. The number of aliphatic hydroxyl groups excluding tert-OH is 1. The molecule has 24 heavy (non-hydrogen) atoms. The number of carbonyl (C=O) groups is 3. The highest BCUT2D eigenvalue weighted by Crippen LogP contribution is 2.20. The Hall–Kier alpha value is -2.41. The SMILES string of the molecule is CC(C)Cc1ccc(C(C)C(=O)OC(C(=O)O)C(O)C(=O)O)cc1. The van der Waals surface area contributed by atoms with Crippen molar-refractivity contribution >= 4 is 17.9 Å².